The number of hydrogen-bond donors (Lipinski definition) is 1. The van der Waals surface area contributed by atoms with Gasteiger partial charge in [0.15, 0.2) is 4.21 Å². The smallest absolute Gasteiger partial charge is 0.267 e. The van der Waals surface area contributed by atoms with Crippen molar-refractivity contribution in [3.63, 3.8) is 0 Å². The van der Waals surface area contributed by atoms with E-state index in [9.17, 15) is 13.2 Å². The fourth-order valence-electron chi connectivity index (χ4n) is 2.01. The van der Waals surface area contributed by atoms with Gasteiger partial charge in [0.25, 0.3) is 15.9 Å². The van der Waals surface area contributed by atoms with Gasteiger partial charge in [-0.2, -0.15) is 0 Å². The molecule has 0 unspecified atom stereocenters. The number of benzene rings is 1. The molecular weight excluding hydrogens is 352 g/mol. The molecule has 0 atom stereocenters. The average Bonchev–Trinajstić information content (AvgIpc) is 3.16. The van der Waals surface area contributed by atoms with E-state index in [1.165, 1.54) is 17.5 Å². The second-order valence-corrected chi connectivity index (χ2v) is 8.72. The van der Waals surface area contributed by atoms with E-state index in [-0.39, 0.29) is 4.21 Å². The van der Waals surface area contributed by atoms with Crippen molar-refractivity contribution in [2.24, 2.45) is 0 Å². The molecular formula is C15H12N2O3S3. The minimum absolute atomic E-state index is 0.0289. The molecule has 0 saturated heterocycles. The largest absolute Gasteiger partial charge is 0.275 e. The first-order chi connectivity index (χ1) is 11.0. The minimum Gasteiger partial charge on any atom is -0.267 e. The van der Waals surface area contributed by atoms with Gasteiger partial charge in [0.2, 0.25) is 0 Å². The van der Waals surface area contributed by atoms with Crippen molar-refractivity contribution in [1.29, 1.82) is 0 Å². The third-order valence-corrected chi connectivity index (χ3v) is 6.67. The van der Waals surface area contributed by atoms with Crippen LogP contribution in [0.15, 0.2) is 52.2 Å². The van der Waals surface area contributed by atoms with Gasteiger partial charge < -0.3 is 0 Å². The van der Waals surface area contributed by atoms with Crippen LogP contribution in [0.3, 0.4) is 0 Å². The number of aromatic nitrogens is 1. The first kappa shape index (κ1) is 15.9. The van der Waals surface area contributed by atoms with Gasteiger partial charge in [-0.05, 0) is 23.9 Å². The first-order valence-electron chi connectivity index (χ1n) is 6.60. The van der Waals surface area contributed by atoms with E-state index in [0.29, 0.717) is 15.4 Å². The number of carbonyl (C=O) groups excluding carboxylic acids is 1. The number of amides is 1. The number of thiazole rings is 1. The van der Waals surface area contributed by atoms with Crippen molar-refractivity contribution >= 4 is 38.6 Å². The quantitative estimate of drug-likeness (QED) is 0.771. The van der Waals surface area contributed by atoms with Crippen molar-refractivity contribution in [3.8, 4) is 11.1 Å². The molecule has 0 aliphatic heterocycles. The maximum atomic E-state index is 12.4. The molecule has 0 radical (unpaired) electrons. The van der Waals surface area contributed by atoms with Gasteiger partial charge >= 0.3 is 0 Å². The Labute approximate surface area is 141 Å². The molecule has 0 spiro atoms. The lowest BCUT2D eigenvalue weighted by molar-refractivity contribution is 0.0986. The van der Waals surface area contributed by atoms with Crippen LogP contribution >= 0.6 is 22.7 Å². The van der Waals surface area contributed by atoms with Crippen molar-refractivity contribution in [2.45, 2.75) is 11.1 Å². The zero-order chi connectivity index (χ0) is 16.4. The van der Waals surface area contributed by atoms with Gasteiger partial charge in [-0.25, -0.2) is 18.1 Å². The molecule has 0 bridgehead atoms. The number of hydrogen-bond acceptors (Lipinski definition) is 6. The van der Waals surface area contributed by atoms with Gasteiger partial charge in [0.05, 0.1) is 11.2 Å². The van der Waals surface area contributed by atoms with Crippen LogP contribution < -0.4 is 4.72 Å². The predicted octanol–water partition coefficient (Wildman–Crippen LogP) is 3.30. The summed E-state index contributed by atoms with van der Waals surface area (Å²) < 4.78 is 26.6. The molecule has 3 aromatic rings. The van der Waals surface area contributed by atoms with E-state index in [1.54, 1.807) is 18.4 Å². The Morgan fingerprint density at radius 2 is 1.91 bits per heavy atom. The number of nitrogens with zero attached hydrogens (tertiary/aromatic N) is 1. The molecule has 118 valence electrons. The Bertz CT molecular complexity index is 943. The van der Waals surface area contributed by atoms with E-state index >= 15 is 0 Å². The van der Waals surface area contributed by atoms with E-state index in [0.717, 1.165) is 16.9 Å². The molecule has 1 aromatic carbocycles. The van der Waals surface area contributed by atoms with Crippen molar-refractivity contribution in [1.82, 2.24) is 9.71 Å². The monoisotopic (exact) mass is 364 g/mol. The highest BCUT2D eigenvalue weighted by Gasteiger charge is 2.23. The average molecular weight is 364 g/mol. The highest BCUT2D eigenvalue weighted by Crippen LogP contribution is 2.28. The van der Waals surface area contributed by atoms with Crippen molar-refractivity contribution in [3.05, 3.63) is 57.9 Å². The lowest BCUT2D eigenvalue weighted by Gasteiger charge is -2.06. The highest BCUT2D eigenvalue weighted by atomic mass is 32.2. The zero-order valence-electron chi connectivity index (χ0n) is 12.0. The lowest BCUT2D eigenvalue weighted by atomic mass is 10.1. The molecule has 5 nitrogen and oxygen atoms in total. The van der Waals surface area contributed by atoms with E-state index in [4.69, 9.17) is 0 Å². The summed E-state index contributed by atoms with van der Waals surface area (Å²) >= 11 is 2.23. The second kappa shape index (κ2) is 6.23. The minimum atomic E-state index is -3.90. The zero-order valence-corrected chi connectivity index (χ0v) is 14.5. The molecule has 3 rings (SSSR count). The van der Waals surface area contributed by atoms with Crippen LogP contribution in [0.4, 0.5) is 0 Å². The highest BCUT2D eigenvalue weighted by molar-refractivity contribution is 7.92. The van der Waals surface area contributed by atoms with Crippen LogP contribution in [0.25, 0.3) is 11.1 Å². The SMILES string of the molecule is Cc1ncc(S(=O)(=O)NC(=O)c2sccc2-c2ccccc2)s1. The molecule has 0 fully saturated rings. The molecule has 0 aliphatic rings. The summed E-state index contributed by atoms with van der Waals surface area (Å²) in [7, 11) is -3.90. The molecule has 0 saturated carbocycles. The summed E-state index contributed by atoms with van der Waals surface area (Å²) in [5.41, 5.74) is 1.58. The standard InChI is InChI=1S/C15H12N2O3S3/c1-10-16-9-13(22-10)23(19,20)17-15(18)14-12(7-8-21-14)11-5-3-2-4-6-11/h2-9H,1H3,(H,17,18). The Morgan fingerprint density at radius 3 is 2.57 bits per heavy atom. The molecule has 23 heavy (non-hydrogen) atoms. The lowest BCUT2D eigenvalue weighted by Crippen LogP contribution is -2.29. The van der Waals surface area contributed by atoms with Gasteiger partial charge in [0.1, 0.15) is 4.88 Å². The summed E-state index contributed by atoms with van der Waals surface area (Å²) in [6.07, 6.45) is 1.25. The maximum Gasteiger partial charge on any atom is 0.275 e. The third-order valence-electron chi connectivity index (χ3n) is 3.05. The van der Waals surface area contributed by atoms with Gasteiger partial charge in [-0.1, -0.05) is 30.3 Å². The molecule has 2 heterocycles. The Balaban J connectivity index is 1.89. The Kier molecular flexibility index (Phi) is 4.29. The number of carbonyl (C=O) groups is 1. The van der Waals surface area contributed by atoms with Gasteiger partial charge in [-0.3, -0.25) is 4.79 Å². The Morgan fingerprint density at radius 1 is 1.17 bits per heavy atom. The van der Waals surface area contributed by atoms with Crippen LogP contribution in [0.2, 0.25) is 0 Å². The number of sulfonamides is 1. The summed E-state index contributed by atoms with van der Waals surface area (Å²) in [6.45, 7) is 1.71. The molecule has 1 N–H and O–H groups in total. The topological polar surface area (TPSA) is 76.1 Å². The summed E-state index contributed by atoms with van der Waals surface area (Å²) in [5.74, 6) is -0.634. The number of thiophene rings is 1. The van der Waals surface area contributed by atoms with Crippen LogP contribution in [0.1, 0.15) is 14.7 Å². The summed E-state index contributed by atoms with van der Waals surface area (Å²) in [6, 6.07) is 11.2. The number of rotatable bonds is 4. The second-order valence-electron chi connectivity index (χ2n) is 4.66. The van der Waals surface area contributed by atoms with Crippen molar-refractivity contribution in [2.75, 3.05) is 0 Å². The van der Waals surface area contributed by atoms with Gasteiger partial charge in [-0.15, -0.1) is 22.7 Å². The summed E-state index contributed by atoms with van der Waals surface area (Å²) in [5, 5.41) is 2.39. The van der Waals surface area contributed by atoms with Crippen molar-refractivity contribution < 1.29 is 13.2 Å². The van der Waals surface area contributed by atoms with Gasteiger partial charge in [0, 0.05) is 5.56 Å². The molecule has 0 aliphatic carbocycles. The maximum absolute atomic E-state index is 12.4. The first-order valence-corrected chi connectivity index (χ1v) is 9.78. The van der Waals surface area contributed by atoms with E-state index < -0.39 is 15.9 Å². The molecule has 1 amide bonds. The normalized spacial score (nSPS) is 11.3. The van der Waals surface area contributed by atoms with Crippen LogP contribution in [-0.4, -0.2) is 19.3 Å². The number of aryl methyl sites for hydroxylation is 1. The fraction of sp³-hybridized carbons (Fsp3) is 0.0667. The third kappa shape index (κ3) is 3.34. The molecule has 2 aromatic heterocycles. The molecule has 8 heteroatoms. The predicted molar refractivity (Wildman–Crippen MR) is 91.3 cm³/mol. The summed E-state index contributed by atoms with van der Waals surface area (Å²) in [4.78, 5) is 16.7. The van der Waals surface area contributed by atoms with Crippen LogP contribution in [-0.2, 0) is 10.0 Å². The number of nitrogens with one attached hydrogen (secondary N) is 1. The Hall–Kier alpha value is -2.03. The van der Waals surface area contributed by atoms with Crippen LogP contribution in [0, 0.1) is 6.92 Å². The fourth-order valence-corrected chi connectivity index (χ4v) is 4.96. The van der Waals surface area contributed by atoms with Crippen LogP contribution in [0.5, 0.6) is 0 Å². The van der Waals surface area contributed by atoms with E-state index in [2.05, 4.69) is 9.71 Å². The van der Waals surface area contributed by atoms with E-state index in [1.807, 2.05) is 30.3 Å².